The van der Waals surface area contributed by atoms with E-state index in [2.05, 4.69) is 37.3 Å². The van der Waals surface area contributed by atoms with Crippen LogP contribution >= 0.6 is 0 Å². The highest BCUT2D eigenvalue weighted by molar-refractivity contribution is 5.76. The van der Waals surface area contributed by atoms with Gasteiger partial charge in [-0.2, -0.15) is 0 Å². The van der Waals surface area contributed by atoms with Crippen molar-refractivity contribution in [1.29, 1.82) is 0 Å². The van der Waals surface area contributed by atoms with Crippen molar-refractivity contribution in [2.45, 2.75) is 33.2 Å². The highest BCUT2D eigenvalue weighted by Crippen LogP contribution is 2.19. The summed E-state index contributed by atoms with van der Waals surface area (Å²) in [6.07, 6.45) is 1.27. The van der Waals surface area contributed by atoms with E-state index in [1.165, 1.54) is 11.1 Å². The summed E-state index contributed by atoms with van der Waals surface area (Å²) in [6, 6.07) is 14.4. The third kappa shape index (κ3) is 4.85. The molecule has 2 rings (SSSR count). The Morgan fingerprint density at radius 2 is 1.70 bits per heavy atom. The van der Waals surface area contributed by atoms with E-state index < -0.39 is 0 Å². The lowest BCUT2D eigenvalue weighted by atomic mass is 10.1. The SMILES string of the molecule is COc1ccc(CCC(=O)N(C)Cc2ccc(C)cc2)cc1C. The molecule has 0 spiro atoms. The minimum absolute atomic E-state index is 0.166. The number of hydrogen-bond donors (Lipinski definition) is 0. The second-order valence-electron chi connectivity index (χ2n) is 6.04. The summed E-state index contributed by atoms with van der Waals surface area (Å²) in [4.78, 5) is 14.1. The number of methoxy groups -OCH3 is 1. The van der Waals surface area contributed by atoms with E-state index in [9.17, 15) is 4.79 Å². The highest BCUT2D eigenvalue weighted by atomic mass is 16.5. The fourth-order valence-corrected chi connectivity index (χ4v) is 2.59. The zero-order valence-electron chi connectivity index (χ0n) is 14.4. The molecule has 1 amide bonds. The molecule has 3 nitrogen and oxygen atoms in total. The summed E-state index contributed by atoms with van der Waals surface area (Å²) in [5.41, 5.74) is 4.66. The molecule has 122 valence electrons. The van der Waals surface area contributed by atoms with Gasteiger partial charge < -0.3 is 9.64 Å². The average molecular weight is 311 g/mol. The van der Waals surface area contributed by atoms with Crippen LogP contribution in [0.1, 0.15) is 28.7 Å². The first-order valence-electron chi connectivity index (χ1n) is 7.92. The normalized spacial score (nSPS) is 10.4. The predicted molar refractivity (Wildman–Crippen MR) is 93.7 cm³/mol. The average Bonchev–Trinajstić information content (AvgIpc) is 2.54. The summed E-state index contributed by atoms with van der Waals surface area (Å²) in [5, 5.41) is 0. The maximum atomic E-state index is 12.3. The monoisotopic (exact) mass is 311 g/mol. The molecule has 0 aliphatic rings. The topological polar surface area (TPSA) is 29.5 Å². The minimum Gasteiger partial charge on any atom is -0.496 e. The fraction of sp³-hybridized carbons (Fsp3) is 0.350. The molecule has 3 heteroatoms. The van der Waals surface area contributed by atoms with Gasteiger partial charge in [0.25, 0.3) is 0 Å². The molecule has 23 heavy (non-hydrogen) atoms. The molecule has 0 unspecified atom stereocenters. The van der Waals surface area contributed by atoms with Gasteiger partial charge in [0.05, 0.1) is 7.11 Å². The molecule has 2 aromatic carbocycles. The summed E-state index contributed by atoms with van der Waals surface area (Å²) in [5.74, 6) is 1.05. The number of aryl methyl sites for hydroxylation is 3. The molecule has 2 aromatic rings. The van der Waals surface area contributed by atoms with Crippen LogP contribution in [0.2, 0.25) is 0 Å². The number of ether oxygens (including phenoxy) is 1. The van der Waals surface area contributed by atoms with Gasteiger partial charge >= 0.3 is 0 Å². The molecule has 0 saturated carbocycles. The molecule has 0 bridgehead atoms. The third-order valence-corrected chi connectivity index (χ3v) is 4.05. The summed E-state index contributed by atoms with van der Waals surface area (Å²) >= 11 is 0. The largest absolute Gasteiger partial charge is 0.496 e. The van der Waals surface area contributed by atoms with Crippen LogP contribution in [0.15, 0.2) is 42.5 Å². The molecule has 0 heterocycles. The van der Waals surface area contributed by atoms with Crippen molar-refractivity contribution < 1.29 is 9.53 Å². The van der Waals surface area contributed by atoms with Crippen LogP contribution in [0.4, 0.5) is 0 Å². The molecular formula is C20H25NO2. The Labute approximate surface area is 138 Å². The van der Waals surface area contributed by atoms with Crippen LogP contribution in [0.5, 0.6) is 5.75 Å². The summed E-state index contributed by atoms with van der Waals surface area (Å²) in [7, 11) is 3.53. The van der Waals surface area contributed by atoms with Crippen molar-refractivity contribution in [3.63, 3.8) is 0 Å². The van der Waals surface area contributed by atoms with E-state index in [1.54, 1.807) is 12.0 Å². The lowest BCUT2D eigenvalue weighted by Gasteiger charge is -2.17. The smallest absolute Gasteiger partial charge is 0.222 e. The molecule has 0 N–H and O–H groups in total. The maximum absolute atomic E-state index is 12.3. The predicted octanol–water partition coefficient (Wildman–Crippen LogP) is 3.90. The van der Waals surface area contributed by atoms with E-state index in [1.807, 2.05) is 26.1 Å². The van der Waals surface area contributed by atoms with Gasteiger partial charge in [-0.15, -0.1) is 0 Å². The van der Waals surface area contributed by atoms with E-state index in [0.29, 0.717) is 13.0 Å². The number of amides is 1. The lowest BCUT2D eigenvalue weighted by molar-refractivity contribution is -0.130. The van der Waals surface area contributed by atoms with Crippen molar-refractivity contribution in [3.05, 3.63) is 64.7 Å². The summed E-state index contributed by atoms with van der Waals surface area (Å²) < 4.78 is 5.26. The molecule has 0 aromatic heterocycles. The first-order chi connectivity index (χ1) is 11.0. The molecule has 0 aliphatic carbocycles. The standard InChI is InChI=1S/C20H25NO2/c1-15-5-7-18(8-6-15)14-21(3)20(22)12-10-17-9-11-19(23-4)16(2)13-17/h5-9,11,13H,10,12,14H2,1-4H3. The van der Waals surface area contributed by atoms with Gasteiger partial charge in [-0.25, -0.2) is 0 Å². The Hall–Kier alpha value is -2.29. The van der Waals surface area contributed by atoms with Gasteiger partial charge in [-0.1, -0.05) is 42.0 Å². The fourth-order valence-electron chi connectivity index (χ4n) is 2.59. The van der Waals surface area contributed by atoms with E-state index in [-0.39, 0.29) is 5.91 Å². The molecule has 0 fully saturated rings. The van der Waals surface area contributed by atoms with Gasteiger partial charge in [-0.05, 0) is 43.0 Å². The highest BCUT2D eigenvalue weighted by Gasteiger charge is 2.10. The lowest BCUT2D eigenvalue weighted by Crippen LogP contribution is -2.26. The van der Waals surface area contributed by atoms with Crippen LogP contribution in [0, 0.1) is 13.8 Å². The first kappa shape index (κ1) is 17.1. The van der Waals surface area contributed by atoms with Gasteiger partial charge in [0.15, 0.2) is 0 Å². The Kier molecular flexibility index (Phi) is 5.80. The van der Waals surface area contributed by atoms with Gasteiger partial charge in [0.1, 0.15) is 5.75 Å². The summed E-state index contributed by atoms with van der Waals surface area (Å²) in [6.45, 7) is 4.74. The zero-order valence-corrected chi connectivity index (χ0v) is 14.4. The third-order valence-electron chi connectivity index (χ3n) is 4.05. The second kappa shape index (κ2) is 7.82. The number of hydrogen-bond acceptors (Lipinski definition) is 2. The van der Waals surface area contributed by atoms with Gasteiger partial charge in [-0.3, -0.25) is 4.79 Å². The zero-order chi connectivity index (χ0) is 16.8. The number of rotatable bonds is 6. The Bertz CT molecular complexity index is 662. The quantitative estimate of drug-likeness (QED) is 0.809. The van der Waals surface area contributed by atoms with Crippen molar-refractivity contribution in [2.75, 3.05) is 14.2 Å². The second-order valence-corrected chi connectivity index (χ2v) is 6.04. The van der Waals surface area contributed by atoms with E-state index in [0.717, 1.165) is 23.3 Å². The van der Waals surface area contributed by atoms with E-state index in [4.69, 9.17) is 4.74 Å². The van der Waals surface area contributed by atoms with Crippen molar-refractivity contribution in [2.24, 2.45) is 0 Å². The van der Waals surface area contributed by atoms with Crippen LogP contribution in [-0.4, -0.2) is 25.0 Å². The molecule has 0 aliphatic heterocycles. The van der Waals surface area contributed by atoms with Crippen molar-refractivity contribution >= 4 is 5.91 Å². The number of carbonyl (C=O) groups is 1. The maximum Gasteiger partial charge on any atom is 0.222 e. The van der Waals surface area contributed by atoms with Crippen molar-refractivity contribution in [1.82, 2.24) is 4.90 Å². The molecule has 0 saturated heterocycles. The van der Waals surface area contributed by atoms with Crippen LogP contribution in [-0.2, 0) is 17.8 Å². The number of benzene rings is 2. The molecular weight excluding hydrogens is 286 g/mol. The van der Waals surface area contributed by atoms with Gasteiger partial charge in [0.2, 0.25) is 5.91 Å². The molecule has 0 radical (unpaired) electrons. The Morgan fingerprint density at radius 1 is 1.04 bits per heavy atom. The van der Waals surface area contributed by atoms with E-state index >= 15 is 0 Å². The first-order valence-corrected chi connectivity index (χ1v) is 7.92. The van der Waals surface area contributed by atoms with Gasteiger partial charge in [0, 0.05) is 20.0 Å². The Balaban J connectivity index is 1.88. The molecule has 0 atom stereocenters. The van der Waals surface area contributed by atoms with Crippen molar-refractivity contribution in [3.8, 4) is 5.75 Å². The van der Waals surface area contributed by atoms with Crippen LogP contribution < -0.4 is 4.74 Å². The number of carbonyl (C=O) groups excluding carboxylic acids is 1. The number of nitrogens with zero attached hydrogens (tertiary/aromatic N) is 1. The van der Waals surface area contributed by atoms with Crippen LogP contribution in [0.25, 0.3) is 0 Å². The minimum atomic E-state index is 0.166. The Morgan fingerprint density at radius 3 is 2.30 bits per heavy atom. The van der Waals surface area contributed by atoms with Crippen LogP contribution in [0.3, 0.4) is 0 Å².